The minimum atomic E-state index is -3.88. The van der Waals surface area contributed by atoms with Crippen molar-refractivity contribution in [3.8, 4) is 11.4 Å². The van der Waals surface area contributed by atoms with Crippen LogP contribution in [0.15, 0.2) is 35.5 Å². The topological polar surface area (TPSA) is 64.8 Å². The van der Waals surface area contributed by atoms with Crippen molar-refractivity contribution in [1.82, 2.24) is 14.8 Å². The summed E-state index contributed by atoms with van der Waals surface area (Å²) >= 11 is 0. The quantitative estimate of drug-likeness (QED) is 0.809. The lowest BCUT2D eigenvalue weighted by Crippen LogP contribution is -2.07. The molecule has 0 aliphatic heterocycles. The monoisotopic (exact) mass is 285 g/mol. The van der Waals surface area contributed by atoms with Gasteiger partial charge in [0.05, 0.1) is 0 Å². The van der Waals surface area contributed by atoms with Crippen LogP contribution in [0.25, 0.3) is 11.4 Å². The van der Waals surface area contributed by atoms with Crippen LogP contribution in [0.5, 0.6) is 0 Å². The van der Waals surface area contributed by atoms with Gasteiger partial charge in [0.25, 0.3) is 14.2 Å². The molecule has 1 heterocycles. The molecule has 0 bridgehead atoms. The highest BCUT2D eigenvalue weighted by Gasteiger charge is 2.22. The Morgan fingerprint density at radius 1 is 1.22 bits per heavy atom. The Kier molecular flexibility index (Phi) is 3.68. The van der Waals surface area contributed by atoms with Gasteiger partial charge in [-0.3, -0.25) is 4.57 Å². The Bertz CT molecular complexity index is 638. The molecule has 0 atom stereocenters. The zero-order chi connectivity index (χ0) is 13.2. The highest BCUT2D eigenvalue weighted by molar-refractivity contribution is 8.13. The summed E-state index contributed by atoms with van der Waals surface area (Å²) in [5.41, 5.74) is 0.810. The lowest BCUT2D eigenvalue weighted by Gasteiger charge is -2.06. The van der Waals surface area contributed by atoms with Crippen LogP contribution in [0.2, 0.25) is 0 Å². The number of hydrogen-bond acceptors (Lipinski definition) is 4. The molecule has 7 heteroatoms. The second-order valence-corrected chi connectivity index (χ2v) is 6.22. The molecule has 0 unspecified atom stereocenters. The van der Waals surface area contributed by atoms with Crippen molar-refractivity contribution >= 4 is 19.7 Å². The van der Waals surface area contributed by atoms with E-state index in [1.165, 1.54) is 4.57 Å². The molecule has 0 saturated carbocycles. The van der Waals surface area contributed by atoms with Crippen LogP contribution in [0.4, 0.5) is 0 Å². The maximum Gasteiger partial charge on any atom is 0.296 e. The van der Waals surface area contributed by atoms with E-state index in [0.717, 1.165) is 12.0 Å². The van der Waals surface area contributed by atoms with E-state index < -0.39 is 9.05 Å². The minimum Gasteiger partial charge on any atom is -0.297 e. The van der Waals surface area contributed by atoms with Crippen molar-refractivity contribution in [2.24, 2.45) is 0 Å². The third kappa shape index (κ3) is 2.54. The normalized spacial score (nSPS) is 11.7. The fraction of sp³-hybridized carbons (Fsp3) is 0.273. The Hall–Kier alpha value is -1.40. The predicted molar refractivity (Wildman–Crippen MR) is 68.8 cm³/mol. The van der Waals surface area contributed by atoms with E-state index in [-0.39, 0.29) is 5.16 Å². The van der Waals surface area contributed by atoms with Gasteiger partial charge in [-0.1, -0.05) is 37.3 Å². The summed E-state index contributed by atoms with van der Waals surface area (Å²) < 4.78 is 24.4. The van der Waals surface area contributed by atoms with Gasteiger partial charge in [0.1, 0.15) is 0 Å². The van der Waals surface area contributed by atoms with Gasteiger partial charge in [-0.05, 0) is 6.42 Å². The zero-order valence-electron chi connectivity index (χ0n) is 9.75. The SMILES string of the molecule is CCCn1c(-c2ccccc2)nnc1S(=O)(=O)Cl. The Morgan fingerprint density at radius 2 is 1.89 bits per heavy atom. The van der Waals surface area contributed by atoms with Crippen LogP contribution in [0.3, 0.4) is 0 Å². The molecular formula is C11H12ClN3O2S. The van der Waals surface area contributed by atoms with Gasteiger partial charge in [0, 0.05) is 22.8 Å². The maximum absolute atomic E-state index is 11.4. The third-order valence-corrected chi connectivity index (χ3v) is 3.57. The average molecular weight is 286 g/mol. The van der Waals surface area contributed by atoms with E-state index in [9.17, 15) is 8.42 Å². The van der Waals surface area contributed by atoms with Crippen molar-refractivity contribution in [1.29, 1.82) is 0 Å². The number of benzene rings is 1. The molecule has 2 aromatic rings. The second-order valence-electron chi connectivity index (χ2n) is 3.76. The molecule has 0 saturated heterocycles. The number of aromatic nitrogens is 3. The van der Waals surface area contributed by atoms with Crippen molar-refractivity contribution in [2.45, 2.75) is 25.0 Å². The minimum absolute atomic E-state index is 0.204. The summed E-state index contributed by atoms with van der Waals surface area (Å²) in [6.45, 7) is 2.44. The third-order valence-electron chi connectivity index (χ3n) is 2.41. The summed E-state index contributed by atoms with van der Waals surface area (Å²) in [7, 11) is 1.47. The first-order chi connectivity index (χ1) is 8.54. The predicted octanol–water partition coefficient (Wildman–Crippen LogP) is 2.28. The summed E-state index contributed by atoms with van der Waals surface area (Å²) in [6, 6.07) is 9.29. The van der Waals surface area contributed by atoms with Gasteiger partial charge < -0.3 is 0 Å². The van der Waals surface area contributed by atoms with E-state index >= 15 is 0 Å². The fourth-order valence-corrected chi connectivity index (χ4v) is 2.62. The first-order valence-electron chi connectivity index (χ1n) is 5.47. The molecule has 0 aliphatic rings. The molecule has 5 nitrogen and oxygen atoms in total. The van der Waals surface area contributed by atoms with Crippen LogP contribution in [0.1, 0.15) is 13.3 Å². The van der Waals surface area contributed by atoms with E-state index in [0.29, 0.717) is 12.4 Å². The number of nitrogens with zero attached hydrogens (tertiary/aromatic N) is 3. The Morgan fingerprint density at radius 3 is 2.44 bits per heavy atom. The molecule has 1 aromatic carbocycles. The van der Waals surface area contributed by atoms with Gasteiger partial charge in [0.15, 0.2) is 5.82 Å². The standard InChI is InChI=1S/C11H12ClN3O2S/c1-2-8-15-10(9-6-4-3-5-7-9)13-14-11(15)18(12,16)17/h3-7H,2,8H2,1H3. The highest BCUT2D eigenvalue weighted by Crippen LogP contribution is 2.22. The first kappa shape index (κ1) is 13.0. The first-order valence-corrected chi connectivity index (χ1v) is 7.78. The highest BCUT2D eigenvalue weighted by atomic mass is 35.7. The summed E-state index contributed by atoms with van der Waals surface area (Å²) in [5.74, 6) is 0.511. The van der Waals surface area contributed by atoms with Crippen molar-refractivity contribution in [3.05, 3.63) is 30.3 Å². The van der Waals surface area contributed by atoms with Crippen LogP contribution in [-0.2, 0) is 15.6 Å². The van der Waals surface area contributed by atoms with Crippen LogP contribution < -0.4 is 0 Å². The van der Waals surface area contributed by atoms with Crippen LogP contribution in [0, 0.1) is 0 Å². The fourth-order valence-electron chi connectivity index (χ4n) is 1.70. The molecular weight excluding hydrogens is 274 g/mol. The smallest absolute Gasteiger partial charge is 0.296 e. The Balaban J connectivity index is 2.60. The second kappa shape index (κ2) is 5.07. The summed E-state index contributed by atoms with van der Waals surface area (Å²) in [6.07, 6.45) is 0.761. The van der Waals surface area contributed by atoms with Gasteiger partial charge in [-0.2, -0.15) is 0 Å². The van der Waals surface area contributed by atoms with Gasteiger partial charge in [-0.15, -0.1) is 10.2 Å². The van der Waals surface area contributed by atoms with E-state index in [1.807, 2.05) is 37.3 Å². The number of halogens is 1. The lowest BCUT2D eigenvalue weighted by atomic mass is 10.2. The largest absolute Gasteiger partial charge is 0.297 e. The molecule has 1 aromatic heterocycles. The van der Waals surface area contributed by atoms with Gasteiger partial charge in [-0.25, -0.2) is 8.42 Å². The molecule has 0 amide bonds. The number of rotatable bonds is 4. The van der Waals surface area contributed by atoms with Crippen molar-refractivity contribution in [3.63, 3.8) is 0 Å². The molecule has 0 fully saturated rings. The summed E-state index contributed by atoms with van der Waals surface area (Å²) in [4.78, 5) is 0. The van der Waals surface area contributed by atoms with Crippen LogP contribution in [-0.4, -0.2) is 23.2 Å². The summed E-state index contributed by atoms with van der Waals surface area (Å²) in [5, 5.41) is 7.39. The maximum atomic E-state index is 11.4. The molecule has 0 spiro atoms. The molecule has 18 heavy (non-hydrogen) atoms. The van der Waals surface area contributed by atoms with Gasteiger partial charge >= 0.3 is 0 Å². The van der Waals surface area contributed by atoms with E-state index in [4.69, 9.17) is 10.7 Å². The van der Waals surface area contributed by atoms with Gasteiger partial charge in [0.2, 0.25) is 0 Å². The molecule has 0 aliphatic carbocycles. The Labute approximate surface area is 110 Å². The number of hydrogen-bond donors (Lipinski definition) is 0. The molecule has 0 radical (unpaired) electrons. The lowest BCUT2D eigenvalue weighted by molar-refractivity contribution is 0.570. The van der Waals surface area contributed by atoms with Crippen molar-refractivity contribution in [2.75, 3.05) is 0 Å². The molecule has 2 rings (SSSR count). The van der Waals surface area contributed by atoms with Crippen LogP contribution >= 0.6 is 10.7 Å². The molecule has 0 N–H and O–H groups in total. The van der Waals surface area contributed by atoms with E-state index in [2.05, 4.69) is 10.2 Å². The zero-order valence-corrected chi connectivity index (χ0v) is 11.3. The van der Waals surface area contributed by atoms with Crippen molar-refractivity contribution < 1.29 is 8.42 Å². The molecule has 96 valence electrons. The average Bonchev–Trinajstić information content (AvgIpc) is 2.74. The van der Waals surface area contributed by atoms with E-state index in [1.54, 1.807) is 0 Å².